The van der Waals surface area contributed by atoms with Gasteiger partial charge in [-0.05, 0) is 50.5 Å². The molecule has 3 aliphatic heterocycles. The monoisotopic (exact) mass is 557 g/mol. The van der Waals surface area contributed by atoms with Crippen molar-refractivity contribution in [3.63, 3.8) is 0 Å². The number of hydrogen-bond acceptors (Lipinski definition) is 7. The number of piperidine rings is 1. The number of hydrogen-bond donors (Lipinski definition) is 3. The lowest BCUT2D eigenvalue weighted by molar-refractivity contribution is -0.127. The molecule has 2 saturated heterocycles. The van der Waals surface area contributed by atoms with E-state index in [0.717, 1.165) is 15.4 Å². The summed E-state index contributed by atoms with van der Waals surface area (Å²) in [6.45, 7) is 4.67. The lowest BCUT2D eigenvalue weighted by Gasteiger charge is -2.43. The van der Waals surface area contributed by atoms with E-state index in [1.165, 1.54) is 6.07 Å². The molecule has 2 fully saturated rings. The highest BCUT2D eigenvalue weighted by Crippen LogP contribution is 2.37. The van der Waals surface area contributed by atoms with Crippen LogP contribution >= 0.6 is 0 Å². The van der Waals surface area contributed by atoms with Gasteiger partial charge in [0.2, 0.25) is 15.9 Å². The zero-order chi connectivity index (χ0) is 27.8. The molecule has 0 bridgehead atoms. The van der Waals surface area contributed by atoms with Crippen molar-refractivity contribution in [1.82, 2.24) is 24.8 Å². The molecule has 2 aromatic rings. The summed E-state index contributed by atoms with van der Waals surface area (Å²) < 4.78 is 34.9. The third kappa shape index (κ3) is 5.59. The van der Waals surface area contributed by atoms with Crippen molar-refractivity contribution in [2.24, 2.45) is 0 Å². The van der Waals surface area contributed by atoms with Crippen LogP contribution in [0.4, 0.5) is 4.79 Å². The maximum absolute atomic E-state index is 13.8. The van der Waals surface area contributed by atoms with Gasteiger partial charge in [-0.2, -0.15) is 4.31 Å². The van der Waals surface area contributed by atoms with Crippen LogP contribution in [0.25, 0.3) is 11.1 Å². The zero-order valence-corrected chi connectivity index (χ0v) is 23.0. The van der Waals surface area contributed by atoms with E-state index in [1.807, 2.05) is 19.9 Å². The van der Waals surface area contributed by atoms with Crippen molar-refractivity contribution in [1.29, 1.82) is 0 Å². The smallest absolute Gasteiger partial charge is 0.317 e. The van der Waals surface area contributed by atoms with E-state index in [1.54, 1.807) is 35.5 Å². The topological polar surface area (TPSA) is 141 Å². The van der Waals surface area contributed by atoms with Crippen LogP contribution in [0.5, 0.6) is 5.75 Å². The zero-order valence-electron chi connectivity index (χ0n) is 22.2. The number of ether oxygens (including phenoxy) is 1. The average Bonchev–Trinajstić information content (AvgIpc) is 3.31. The third-order valence-electron chi connectivity index (χ3n) is 7.71. The van der Waals surface area contributed by atoms with Crippen molar-refractivity contribution in [2.45, 2.75) is 68.2 Å². The summed E-state index contributed by atoms with van der Waals surface area (Å²) in [6.07, 6.45) is 3.83. The van der Waals surface area contributed by atoms with Crippen molar-refractivity contribution in [2.75, 3.05) is 26.2 Å². The Bertz CT molecular complexity index is 1330. The Labute approximate surface area is 228 Å². The minimum Gasteiger partial charge on any atom is -0.492 e. The number of aliphatic hydroxyl groups is 1. The Kier molecular flexibility index (Phi) is 7.53. The second-order valence-electron chi connectivity index (χ2n) is 10.8. The second-order valence-corrected chi connectivity index (χ2v) is 12.7. The maximum atomic E-state index is 13.8. The van der Waals surface area contributed by atoms with Crippen LogP contribution in [-0.2, 0) is 14.8 Å². The van der Waals surface area contributed by atoms with Gasteiger partial charge in [-0.3, -0.25) is 9.78 Å². The van der Waals surface area contributed by atoms with Crippen LogP contribution < -0.4 is 15.4 Å². The molecule has 3 aliphatic rings. The van der Waals surface area contributed by atoms with Crippen LogP contribution in [0.2, 0.25) is 0 Å². The van der Waals surface area contributed by atoms with Crippen molar-refractivity contribution < 1.29 is 27.9 Å². The molecule has 12 heteroatoms. The number of carbonyl (C=O) groups excluding carboxylic acids is 2. The van der Waals surface area contributed by atoms with E-state index in [9.17, 15) is 23.1 Å². The molecule has 210 valence electrons. The van der Waals surface area contributed by atoms with E-state index in [2.05, 4.69) is 15.6 Å². The first-order chi connectivity index (χ1) is 18.6. The molecule has 4 heterocycles. The lowest BCUT2D eigenvalue weighted by Crippen LogP contribution is -2.60. The molecule has 0 saturated carbocycles. The fraction of sp³-hybridized carbons (Fsp3) is 0.519. The first-order valence-corrected chi connectivity index (χ1v) is 14.8. The minimum absolute atomic E-state index is 0.00796. The first-order valence-electron chi connectivity index (χ1n) is 13.3. The third-order valence-corrected chi connectivity index (χ3v) is 9.62. The normalized spacial score (nSPS) is 24.7. The number of urea groups is 1. The van der Waals surface area contributed by atoms with E-state index >= 15 is 0 Å². The standard InChI is InChI=1S/C27H35N5O6S/c1-18(2)29-26(35)31-11-7-27(8-12-31)9-13-38-23-14-19(20-4-3-10-28-16-20)5-6-24(23)39(36,37)32-17-21(33)15-22(32)25(34)30-27/h3-6,10,14,16,18,21-22,33H,7-9,11-13,15,17H2,1-2H3,(H,29,35)(H,30,34)/t21-,22+/m1/s1. The lowest BCUT2D eigenvalue weighted by atomic mass is 9.84. The predicted octanol–water partition coefficient (Wildman–Crippen LogP) is 1.72. The molecule has 11 nitrogen and oxygen atoms in total. The van der Waals surface area contributed by atoms with Crippen LogP contribution in [0.15, 0.2) is 47.6 Å². The van der Waals surface area contributed by atoms with Crippen molar-refractivity contribution >= 4 is 22.0 Å². The Morgan fingerprint density at radius 1 is 1.21 bits per heavy atom. The highest BCUT2D eigenvalue weighted by atomic mass is 32.2. The predicted molar refractivity (Wildman–Crippen MR) is 143 cm³/mol. The summed E-state index contributed by atoms with van der Waals surface area (Å²) in [5.41, 5.74) is 0.879. The number of benzene rings is 1. The summed E-state index contributed by atoms with van der Waals surface area (Å²) in [7, 11) is -4.16. The number of fused-ring (bicyclic) bond motifs is 2. The van der Waals surface area contributed by atoms with E-state index in [4.69, 9.17) is 4.74 Å². The molecule has 3 amide bonds. The second kappa shape index (κ2) is 10.7. The number of aliphatic hydroxyl groups excluding tert-OH is 1. The SMILES string of the molecule is CC(C)NC(=O)N1CCC2(CCOc3cc(-c4cccnc4)ccc3S(=O)(=O)N3C[C@H](O)C[C@H]3C(=O)N2)CC1. The molecule has 5 rings (SSSR count). The molecule has 1 aromatic heterocycles. The highest BCUT2D eigenvalue weighted by molar-refractivity contribution is 7.89. The fourth-order valence-corrected chi connectivity index (χ4v) is 7.33. The van der Waals surface area contributed by atoms with Gasteiger partial charge in [0.1, 0.15) is 16.7 Å². The van der Waals surface area contributed by atoms with Crippen LogP contribution in [0.3, 0.4) is 0 Å². The molecule has 0 radical (unpaired) electrons. The molecule has 39 heavy (non-hydrogen) atoms. The molecule has 1 spiro atoms. The van der Waals surface area contributed by atoms with Crippen LogP contribution in [0, 0.1) is 0 Å². The average molecular weight is 558 g/mol. The van der Waals surface area contributed by atoms with Gasteiger partial charge in [0.25, 0.3) is 0 Å². The number of amides is 3. The molecule has 3 N–H and O–H groups in total. The van der Waals surface area contributed by atoms with E-state index in [-0.39, 0.29) is 42.3 Å². The summed E-state index contributed by atoms with van der Waals surface area (Å²) in [6, 6.07) is 7.36. The fourth-order valence-electron chi connectivity index (χ4n) is 5.58. The molecule has 0 aliphatic carbocycles. The summed E-state index contributed by atoms with van der Waals surface area (Å²) >= 11 is 0. The molecular formula is C27H35N5O6S. The number of nitrogens with one attached hydrogen (secondary N) is 2. The molecule has 0 unspecified atom stereocenters. The number of nitrogens with zero attached hydrogens (tertiary/aromatic N) is 3. The quantitative estimate of drug-likeness (QED) is 0.511. The van der Waals surface area contributed by atoms with Gasteiger partial charge in [-0.15, -0.1) is 0 Å². The van der Waals surface area contributed by atoms with Gasteiger partial charge >= 0.3 is 6.03 Å². The van der Waals surface area contributed by atoms with E-state index in [0.29, 0.717) is 32.4 Å². The van der Waals surface area contributed by atoms with E-state index < -0.39 is 33.6 Å². The summed E-state index contributed by atoms with van der Waals surface area (Å²) in [5.74, 6) is -0.250. The number of carbonyl (C=O) groups is 2. The van der Waals surface area contributed by atoms with Gasteiger partial charge in [0, 0.05) is 62.0 Å². The minimum atomic E-state index is -4.16. The van der Waals surface area contributed by atoms with Gasteiger partial charge in [-0.25, -0.2) is 13.2 Å². The molecule has 2 atom stereocenters. The number of sulfonamides is 1. The van der Waals surface area contributed by atoms with Gasteiger partial charge in [0.05, 0.1) is 12.7 Å². The van der Waals surface area contributed by atoms with Gasteiger partial charge < -0.3 is 25.4 Å². The Morgan fingerprint density at radius 2 is 1.97 bits per heavy atom. The number of aromatic nitrogens is 1. The summed E-state index contributed by atoms with van der Waals surface area (Å²) in [4.78, 5) is 32.0. The number of likely N-dealkylation sites (tertiary alicyclic amines) is 1. The van der Waals surface area contributed by atoms with Gasteiger partial charge in [0.15, 0.2) is 0 Å². The highest BCUT2D eigenvalue weighted by Gasteiger charge is 2.47. The number of pyridine rings is 1. The maximum Gasteiger partial charge on any atom is 0.317 e. The van der Waals surface area contributed by atoms with Crippen LogP contribution in [-0.4, -0.2) is 89.6 Å². The number of rotatable bonds is 2. The molecule has 1 aromatic carbocycles. The Hall–Kier alpha value is -3.22. The Morgan fingerprint density at radius 3 is 2.67 bits per heavy atom. The molecular weight excluding hydrogens is 522 g/mol. The summed E-state index contributed by atoms with van der Waals surface area (Å²) in [5, 5.41) is 16.5. The Balaban J connectivity index is 1.48. The largest absolute Gasteiger partial charge is 0.492 e. The van der Waals surface area contributed by atoms with Gasteiger partial charge in [-0.1, -0.05) is 12.1 Å². The van der Waals surface area contributed by atoms with Crippen molar-refractivity contribution in [3.05, 3.63) is 42.7 Å². The van der Waals surface area contributed by atoms with Crippen molar-refractivity contribution in [3.8, 4) is 16.9 Å². The first kappa shape index (κ1) is 27.4. The van der Waals surface area contributed by atoms with Crippen LogP contribution in [0.1, 0.15) is 39.5 Å².